The van der Waals surface area contributed by atoms with E-state index in [9.17, 15) is 4.79 Å². The first kappa shape index (κ1) is 13.2. The summed E-state index contributed by atoms with van der Waals surface area (Å²) in [5.41, 5.74) is 2.13. The van der Waals surface area contributed by atoms with Gasteiger partial charge < -0.3 is 4.42 Å². The molecule has 0 fully saturated rings. The van der Waals surface area contributed by atoms with Crippen LogP contribution in [0.15, 0.2) is 51.7 Å². The summed E-state index contributed by atoms with van der Waals surface area (Å²) in [4.78, 5) is 12.2. The minimum Gasteiger partial charge on any atom is -0.422 e. The van der Waals surface area contributed by atoms with Crippen molar-refractivity contribution < 1.29 is 4.42 Å². The smallest absolute Gasteiger partial charge is 0.344 e. The Balaban J connectivity index is 2.39. The molecule has 20 heavy (non-hydrogen) atoms. The highest BCUT2D eigenvalue weighted by Crippen LogP contribution is 2.32. The lowest BCUT2D eigenvalue weighted by atomic mass is 10.00. The van der Waals surface area contributed by atoms with Crippen LogP contribution in [0.1, 0.15) is 5.56 Å². The molecule has 2 nitrogen and oxygen atoms in total. The molecule has 0 radical (unpaired) electrons. The Kier molecular flexibility index (Phi) is 3.28. The average molecular weight is 305 g/mol. The van der Waals surface area contributed by atoms with Crippen LogP contribution >= 0.6 is 23.2 Å². The largest absolute Gasteiger partial charge is 0.422 e. The summed E-state index contributed by atoms with van der Waals surface area (Å²) in [6, 6.07) is 12.5. The number of halogens is 2. The third-order valence-corrected chi connectivity index (χ3v) is 3.82. The van der Waals surface area contributed by atoms with E-state index < -0.39 is 5.63 Å². The first-order valence-electron chi connectivity index (χ1n) is 6.06. The quantitative estimate of drug-likeness (QED) is 0.587. The second-order valence-electron chi connectivity index (χ2n) is 4.51. The summed E-state index contributed by atoms with van der Waals surface area (Å²) in [5.74, 6) is 0. The van der Waals surface area contributed by atoms with Crippen molar-refractivity contribution >= 4 is 34.2 Å². The monoisotopic (exact) mass is 304 g/mol. The maximum atomic E-state index is 12.2. The van der Waals surface area contributed by atoms with E-state index in [1.165, 1.54) is 0 Å². The van der Waals surface area contributed by atoms with Crippen LogP contribution in [0.25, 0.3) is 22.1 Å². The maximum absolute atomic E-state index is 12.2. The van der Waals surface area contributed by atoms with Crippen LogP contribution in [0.2, 0.25) is 10.0 Å². The number of fused-ring (bicyclic) bond motifs is 1. The van der Waals surface area contributed by atoms with Gasteiger partial charge in [0, 0.05) is 16.0 Å². The molecule has 0 amide bonds. The Hall–Kier alpha value is -1.77. The topological polar surface area (TPSA) is 30.2 Å². The maximum Gasteiger partial charge on any atom is 0.344 e. The number of hydrogen-bond acceptors (Lipinski definition) is 2. The number of rotatable bonds is 1. The summed E-state index contributed by atoms with van der Waals surface area (Å²) < 4.78 is 5.37. The molecular formula is C16H10Cl2O2. The van der Waals surface area contributed by atoms with E-state index in [1.807, 2.05) is 25.1 Å². The van der Waals surface area contributed by atoms with Crippen molar-refractivity contribution in [3.63, 3.8) is 0 Å². The van der Waals surface area contributed by atoms with E-state index in [1.54, 1.807) is 24.3 Å². The van der Waals surface area contributed by atoms with Crippen molar-refractivity contribution in [2.75, 3.05) is 0 Å². The van der Waals surface area contributed by atoms with Crippen LogP contribution in [-0.4, -0.2) is 0 Å². The van der Waals surface area contributed by atoms with Gasteiger partial charge in [-0.1, -0.05) is 47.5 Å². The van der Waals surface area contributed by atoms with Crippen LogP contribution in [0.4, 0.5) is 0 Å². The molecule has 0 aliphatic rings. The Morgan fingerprint density at radius 1 is 1.05 bits per heavy atom. The van der Waals surface area contributed by atoms with Gasteiger partial charge in [0.1, 0.15) is 5.58 Å². The summed E-state index contributed by atoms with van der Waals surface area (Å²) >= 11 is 12.1. The third kappa shape index (κ3) is 2.11. The van der Waals surface area contributed by atoms with Gasteiger partial charge in [0.05, 0.1) is 10.6 Å². The molecule has 3 rings (SSSR count). The third-order valence-electron chi connectivity index (χ3n) is 3.27. The van der Waals surface area contributed by atoms with Crippen molar-refractivity contribution in [2.45, 2.75) is 6.92 Å². The van der Waals surface area contributed by atoms with E-state index in [2.05, 4.69) is 0 Å². The van der Waals surface area contributed by atoms with Crippen LogP contribution in [0.3, 0.4) is 0 Å². The molecule has 0 aliphatic carbocycles. The van der Waals surface area contributed by atoms with E-state index >= 15 is 0 Å². The van der Waals surface area contributed by atoms with Gasteiger partial charge in [0.15, 0.2) is 0 Å². The zero-order chi connectivity index (χ0) is 14.3. The SMILES string of the molecule is Cc1c(-c2ccc(Cl)cc2Cl)c(=O)oc2ccccc12. The van der Waals surface area contributed by atoms with Gasteiger partial charge in [-0.25, -0.2) is 4.79 Å². The fraction of sp³-hybridized carbons (Fsp3) is 0.0625. The molecule has 0 saturated heterocycles. The molecule has 0 spiro atoms. The van der Waals surface area contributed by atoms with Crippen LogP contribution < -0.4 is 5.63 Å². The Bertz CT molecular complexity index is 866. The highest BCUT2D eigenvalue weighted by molar-refractivity contribution is 6.36. The molecule has 0 unspecified atom stereocenters. The molecule has 3 aromatic rings. The van der Waals surface area contributed by atoms with Crippen LogP contribution in [-0.2, 0) is 0 Å². The normalized spacial score (nSPS) is 10.9. The lowest BCUT2D eigenvalue weighted by Crippen LogP contribution is -2.06. The van der Waals surface area contributed by atoms with Crippen molar-refractivity contribution in [1.29, 1.82) is 0 Å². The number of aryl methyl sites for hydroxylation is 1. The van der Waals surface area contributed by atoms with Crippen molar-refractivity contribution in [2.24, 2.45) is 0 Å². The van der Waals surface area contributed by atoms with E-state index in [4.69, 9.17) is 27.6 Å². The highest BCUT2D eigenvalue weighted by atomic mass is 35.5. The van der Waals surface area contributed by atoms with E-state index in [0.29, 0.717) is 26.8 Å². The fourth-order valence-corrected chi connectivity index (χ4v) is 2.81. The second kappa shape index (κ2) is 4.97. The Morgan fingerprint density at radius 2 is 1.80 bits per heavy atom. The van der Waals surface area contributed by atoms with Crippen LogP contribution in [0.5, 0.6) is 0 Å². The van der Waals surface area contributed by atoms with Gasteiger partial charge in [0.2, 0.25) is 0 Å². The molecule has 0 saturated carbocycles. The standard InChI is InChI=1S/C16H10Cl2O2/c1-9-11-4-2-3-5-14(11)20-16(19)15(9)12-7-6-10(17)8-13(12)18/h2-8H,1H3. The summed E-state index contributed by atoms with van der Waals surface area (Å²) in [6.45, 7) is 1.89. The molecule has 1 aromatic heterocycles. The Morgan fingerprint density at radius 3 is 2.55 bits per heavy atom. The zero-order valence-electron chi connectivity index (χ0n) is 10.6. The van der Waals surface area contributed by atoms with Crippen molar-refractivity contribution in [1.82, 2.24) is 0 Å². The Labute approximate surface area is 125 Å². The van der Waals surface area contributed by atoms with Crippen molar-refractivity contribution in [3.05, 3.63) is 68.5 Å². The van der Waals surface area contributed by atoms with Gasteiger partial charge in [-0.15, -0.1) is 0 Å². The summed E-state index contributed by atoms with van der Waals surface area (Å²) in [6.07, 6.45) is 0. The molecule has 0 N–H and O–H groups in total. The minimum absolute atomic E-state index is 0.398. The number of benzene rings is 2. The molecule has 100 valence electrons. The van der Waals surface area contributed by atoms with Gasteiger partial charge in [-0.3, -0.25) is 0 Å². The highest BCUT2D eigenvalue weighted by Gasteiger charge is 2.15. The van der Waals surface area contributed by atoms with Gasteiger partial charge in [-0.2, -0.15) is 0 Å². The first-order chi connectivity index (χ1) is 9.58. The number of para-hydroxylation sites is 1. The molecule has 4 heteroatoms. The summed E-state index contributed by atoms with van der Waals surface area (Å²) in [5, 5.41) is 1.86. The van der Waals surface area contributed by atoms with E-state index in [0.717, 1.165) is 10.9 Å². The molecule has 0 atom stereocenters. The predicted octanol–water partition coefficient (Wildman–Crippen LogP) is 5.08. The molecule has 0 bridgehead atoms. The minimum atomic E-state index is -0.398. The first-order valence-corrected chi connectivity index (χ1v) is 6.81. The van der Waals surface area contributed by atoms with Crippen LogP contribution in [0, 0.1) is 6.92 Å². The van der Waals surface area contributed by atoms with E-state index in [-0.39, 0.29) is 0 Å². The summed E-state index contributed by atoms with van der Waals surface area (Å²) in [7, 11) is 0. The molecule has 1 heterocycles. The average Bonchev–Trinajstić information content (AvgIpc) is 2.41. The van der Waals surface area contributed by atoms with Gasteiger partial charge >= 0.3 is 5.63 Å². The lowest BCUT2D eigenvalue weighted by Gasteiger charge is -2.09. The van der Waals surface area contributed by atoms with Crippen molar-refractivity contribution in [3.8, 4) is 11.1 Å². The molecule has 0 aliphatic heterocycles. The lowest BCUT2D eigenvalue weighted by molar-refractivity contribution is 0.562. The predicted molar refractivity (Wildman–Crippen MR) is 82.7 cm³/mol. The number of hydrogen-bond donors (Lipinski definition) is 0. The fourth-order valence-electron chi connectivity index (χ4n) is 2.31. The molecule has 2 aromatic carbocycles. The second-order valence-corrected chi connectivity index (χ2v) is 5.35. The van der Waals surface area contributed by atoms with Gasteiger partial charge in [-0.05, 0) is 30.7 Å². The van der Waals surface area contributed by atoms with Gasteiger partial charge in [0.25, 0.3) is 0 Å². The molecular weight excluding hydrogens is 295 g/mol. The zero-order valence-corrected chi connectivity index (χ0v) is 12.1.